The highest BCUT2D eigenvalue weighted by Gasteiger charge is 2.25. The molecule has 0 bridgehead atoms. The Hall–Kier alpha value is -1.10. The Balaban J connectivity index is 2.28. The molecule has 0 aliphatic carbocycles. The Morgan fingerprint density at radius 3 is 2.67 bits per heavy atom. The van der Waals surface area contributed by atoms with E-state index in [4.69, 9.17) is 21.1 Å². The van der Waals surface area contributed by atoms with Gasteiger partial charge < -0.3 is 14.6 Å². The van der Waals surface area contributed by atoms with E-state index in [0.29, 0.717) is 6.61 Å². The Labute approximate surface area is 111 Å². The highest BCUT2D eigenvalue weighted by molar-refractivity contribution is 6.30. The van der Waals surface area contributed by atoms with Crippen molar-refractivity contribution in [2.24, 2.45) is 0 Å². The van der Waals surface area contributed by atoms with Crippen LogP contribution in [0.15, 0.2) is 30.3 Å². The van der Waals surface area contributed by atoms with E-state index in [2.05, 4.69) is 0 Å². The minimum atomic E-state index is -1.10. The second-order valence-corrected chi connectivity index (χ2v) is 4.19. The van der Waals surface area contributed by atoms with Gasteiger partial charge in [0.1, 0.15) is 6.10 Å². The molecule has 1 rings (SSSR count). The number of benzene rings is 1. The normalized spacial score (nSPS) is 13.9. The van der Waals surface area contributed by atoms with Crippen LogP contribution in [-0.2, 0) is 20.9 Å². The molecule has 5 heteroatoms. The van der Waals surface area contributed by atoms with E-state index in [1.165, 1.54) is 0 Å². The lowest BCUT2D eigenvalue weighted by Crippen LogP contribution is -2.34. The number of aliphatic hydroxyl groups is 1. The number of ether oxygens (including phenoxy) is 2. The van der Waals surface area contributed by atoms with E-state index in [9.17, 15) is 9.90 Å². The van der Waals surface area contributed by atoms with Crippen molar-refractivity contribution in [3.05, 3.63) is 35.9 Å². The van der Waals surface area contributed by atoms with Gasteiger partial charge in [0, 0.05) is 0 Å². The number of halogens is 1. The summed E-state index contributed by atoms with van der Waals surface area (Å²) in [6, 6.07) is 9.54. The van der Waals surface area contributed by atoms with E-state index in [-0.39, 0.29) is 13.2 Å². The Morgan fingerprint density at radius 1 is 1.39 bits per heavy atom. The summed E-state index contributed by atoms with van der Waals surface area (Å²) in [5, 5.41) is 8.54. The summed E-state index contributed by atoms with van der Waals surface area (Å²) in [5.41, 5.74) is 0.993. The fourth-order valence-electron chi connectivity index (χ4n) is 1.34. The molecule has 4 nitrogen and oxygen atoms in total. The first-order valence-electron chi connectivity index (χ1n) is 5.75. The maximum Gasteiger partial charge on any atom is 0.326 e. The van der Waals surface area contributed by atoms with Crippen molar-refractivity contribution in [2.75, 3.05) is 13.2 Å². The van der Waals surface area contributed by atoms with Gasteiger partial charge in [-0.15, -0.1) is 11.6 Å². The third-order valence-electron chi connectivity index (χ3n) is 2.25. The van der Waals surface area contributed by atoms with Crippen molar-refractivity contribution in [3.63, 3.8) is 0 Å². The summed E-state index contributed by atoms with van der Waals surface area (Å²) in [6.07, 6.45) is -1.07. The fourth-order valence-corrected chi connectivity index (χ4v) is 1.47. The highest BCUT2D eigenvalue weighted by Crippen LogP contribution is 2.08. The molecule has 0 saturated carbocycles. The van der Waals surface area contributed by atoms with Crippen LogP contribution in [-0.4, -0.2) is 35.8 Å². The molecule has 2 atom stereocenters. The van der Waals surface area contributed by atoms with Crippen molar-refractivity contribution in [2.45, 2.75) is 25.0 Å². The number of esters is 1. The summed E-state index contributed by atoms with van der Waals surface area (Å²) in [7, 11) is 0. The Bertz CT molecular complexity index is 355. The van der Waals surface area contributed by atoms with Crippen molar-refractivity contribution >= 4 is 17.6 Å². The summed E-state index contributed by atoms with van der Waals surface area (Å²) in [4.78, 5) is 11.2. The van der Waals surface area contributed by atoms with E-state index >= 15 is 0 Å². The van der Waals surface area contributed by atoms with Crippen molar-refractivity contribution in [3.8, 4) is 0 Å². The van der Waals surface area contributed by atoms with Crippen molar-refractivity contribution < 1.29 is 19.4 Å². The molecule has 0 radical (unpaired) electrons. The molecule has 0 amide bonds. The third kappa shape index (κ3) is 5.04. The topological polar surface area (TPSA) is 55.8 Å². The summed E-state index contributed by atoms with van der Waals surface area (Å²) < 4.78 is 9.99. The van der Waals surface area contributed by atoms with Crippen LogP contribution < -0.4 is 0 Å². The Morgan fingerprint density at radius 2 is 2.06 bits per heavy atom. The highest BCUT2D eigenvalue weighted by atomic mass is 35.5. The standard InChI is InChI=1S/C13H17ClO4/c1-2-18-13(16)12(14)11(15)9-17-8-10-6-4-3-5-7-10/h3-7,11-12,15H,2,8-9H2,1H3/t11-,12-/m0/s1. The van der Waals surface area contributed by atoms with Gasteiger partial charge in [-0.2, -0.15) is 0 Å². The molecule has 0 heterocycles. The number of aliphatic hydroxyl groups excluding tert-OH is 1. The minimum absolute atomic E-state index is 0.0120. The molecule has 18 heavy (non-hydrogen) atoms. The fraction of sp³-hybridized carbons (Fsp3) is 0.462. The number of alkyl halides is 1. The molecule has 100 valence electrons. The lowest BCUT2D eigenvalue weighted by molar-refractivity contribution is -0.145. The monoisotopic (exact) mass is 272 g/mol. The molecule has 1 aromatic carbocycles. The molecule has 1 aromatic rings. The molecule has 0 unspecified atom stereocenters. The van der Waals surface area contributed by atoms with Gasteiger partial charge in [0.25, 0.3) is 0 Å². The number of carbonyl (C=O) groups is 1. The second kappa shape index (κ2) is 8.08. The van der Waals surface area contributed by atoms with Gasteiger partial charge in [0.2, 0.25) is 0 Å². The minimum Gasteiger partial charge on any atom is -0.465 e. The summed E-state index contributed by atoms with van der Waals surface area (Å²) >= 11 is 5.74. The van der Waals surface area contributed by atoms with Crippen LogP contribution in [0, 0.1) is 0 Å². The van der Waals surface area contributed by atoms with Gasteiger partial charge in [-0.25, -0.2) is 0 Å². The maximum atomic E-state index is 11.2. The first-order valence-corrected chi connectivity index (χ1v) is 6.19. The van der Waals surface area contributed by atoms with E-state index < -0.39 is 17.5 Å². The molecular formula is C13H17ClO4. The number of rotatable bonds is 7. The summed E-state index contributed by atoms with van der Waals surface area (Å²) in [5.74, 6) is -0.630. The smallest absolute Gasteiger partial charge is 0.326 e. The predicted molar refractivity (Wildman–Crippen MR) is 68.4 cm³/mol. The predicted octanol–water partition coefficient (Wildman–Crippen LogP) is 1.73. The molecule has 0 fully saturated rings. The Kier molecular flexibility index (Phi) is 6.72. The first-order chi connectivity index (χ1) is 8.65. The van der Waals surface area contributed by atoms with E-state index in [0.717, 1.165) is 5.56 Å². The molecule has 0 spiro atoms. The molecule has 0 saturated heterocycles. The summed E-state index contributed by atoms with van der Waals surface area (Å²) in [6.45, 7) is 2.27. The van der Waals surface area contributed by atoms with Gasteiger partial charge in [0.05, 0.1) is 19.8 Å². The average Bonchev–Trinajstić information content (AvgIpc) is 2.39. The van der Waals surface area contributed by atoms with Crippen LogP contribution in [0.3, 0.4) is 0 Å². The number of hydrogen-bond acceptors (Lipinski definition) is 4. The zero-order valence-corrected chi connectivity index (χ0v) is 11.0. The largest absolute Gasteiger partial charge is 0.465 e. The number of carbonyl (C=O) groups excluding carboxylic acids is 1. The van der Waals surface area contributed by atoms with E-state index in [1.54, 1.807) is 6.92 Å². The van der Waals surface area contributed by atoms with Gasteiger partial charge in [0.15, 0.2) is 5.38 Å². The van der Waals surface area contributed by atoms with Gasteiger partial charge in [-0.05, 0) is 12.5 Å². The van der Waals surface area contributed by atoms with Crippen LogP contribution in [0.25, 0.3) is 0 Å². The van der Waals surface area contributed by atoms with Crippen molar-refractivity contribution in [1.82, 2.24) is 0 Å². The number of hydrogen-bond donors (Lipinski definition) is 1. The zero-order chi connectivity index (χ0) is 13.4. The van der Waals surface area contributed by atoms with E-state index in [1.807, 2.05) is 30.3 Å². The SMILES string of the molecule is CCOC(=O)[C@@H](Cl)[C@@H](O)COCc1ccccc1. The van der Waals surface area contributed by atoms with Crippen LogP contribution in [0.5, 0.6) is 0 Å². The molecule has 0 aromatic heterocycles. The maximum absolute atomic E-state index is 11.2. The zero-order valence-electron chi connectivity index (χ0n) is 10.2. The third-order valence-corrected chi connectivity index (χ3v) is 2.72. The lowest BCUT2D eigenvalue weighted by Gasteiger charge is -2.15. The average molecular weight is 273 g/mol. The molecule has 0 aliphatic rings. The van der Waals surface area contributed by atoms with Gasteiger partial charge in [-0.3, -0.25) is 4.79 Å². The van der Waals surface area contributed by atoms with Crippen LogP contribution in [0.1, 0.15) is 12.5 Å². The van der Waals surface area contributed by atoms with Crippen LogP contribution in [0.2, 0.25) is 0 Å². The quantitative estimate of drug-likeness (QED) is 0.607. The molecular weight excluding hydrogens is 256 g/mol. The van der Waals surface area contributed by atoms with Gasteiger partial charge in [-0.1, -0.05) is 30.3 Å². The van der Waals surface area contributed by atoms with Crippen LogP contribution >= 0.6 is 11.6 Å². The molecule has 1 N–H and O–H groups in total. The van der Waals surface area contributed by atoms with Crippen molar-refractivity contribution in [1.29, 1.82) is 0 Å². The van der Waals surface area contributed by atoms with Crippen LogP contribution in [0.4, 0.5) is 0 Å². The van der Waals surface area contributed by atoms with Gasteiger partial charge >= 0.3 is 5.97 Å². The first kappa shape index (κ1) is 15.0. The molecule has 0 aliphatic heterocycles. The lowest BCUT2D eigenvalue weighted by atomic mass is 10.2. The second-order valence-electron chi connectivity index (χ2n) is 3.72.